The van der Waals surface area contributed by atoms with E-state index in [-0.39, 0.29) is 28.6 Å². The normalized spacial score (nSPS) is 19.4. The van der Waals surface area contributed by atoms with Gasteiger partial charge in [0.15, 0.2) is 5.11 Å². The number of nitrogens with zero attached hydrogens (tertiary/aromatic N) is 2. The molecule has 1 aliphatic heterocycles. The van der Waals surface area contributed by atoms with Gasteiger partial charge in [-0.3, -0.25) is 9.69 Å². The average Bonchev–Trinajstić information content (AvgIpc) is 2.77. The lowest BCUT2D eigenvalue weighted by Crippen LogP contribution is -2.44. The molecule has 1 aliphatic rings. The standard InChI is InChI=1S/C18H14F8N2OS2/c1-17(2)15(29)27(12-7-9-14(10-8-12)31(22,23,24,25)26)16(30)28(17)13-5-3-11(4-6-13)18(19,20)21/h3-10H,1-2H3. The van der Waals surface area contributed by atoms with E-state index < -0.39 is 38.3 Å². The maximum Gasteiger partial charge on any atom is 0.416 e. The molecule has 0 atom stereocenters. The summed E-state index contributed by atoms with van der Waals surface area (Å²) in [4.78, 5) is 12.9. The molecular weight excluding hydrogens is 476 g/mol. The van der Waals surface area contributed by atoms with Gasteiger partial charge in [-0.2, -0.15) is 13.2 Å². The fourth-order valence-corrected chi connectivity index (χ4v) is 4.28. The maximum atomic E-state index is 12.9. The predicted molar refractivity (Wildman–Crippen MR) is 106 cm³/mol. The second-order valence-corrected chi connectivity index (χ2v) is 10.1. The Labute approximate surface area is 177 Å². The molecule has 31 heavy (non-hydrogen) atoms. The van der Waals surface area contributed by atoms with Crippen molar-refractivity contribution in [1.29, 1.82) is 0 Å². The molecule has 3 rings (SSSR count). The minimum absolute atomic E-state index is 0.141. The Balaban J connectivity index is 2.00. The van der Waals surface area contributed by atoms with Crippen LogP contribution < -0.4 is 9.80 Å². The van der Waals surface area contributed by atoms with E-state index in [0.717, 1.165) is 29.2 Å². The summed E-state index contributed by atoms with van der Waals surface area (Å²) < 4.78 is 103. The molecule has 1 heterocycles. The Kier molecular flexibility index (Phi) is 4.57. The van der Waals surface area contributed by atoms with Crippen molar-refractivity contribution in [2.45, 2.75) is 30.5 Å². The number of halogens is 8. The highest BCUT2D eigenvalue weighted by Crippen LogP contribution is 3.02. The predicted octanol–water partition coefficient (Wildman–Crippen LogP) is 7.28. The fourth-order valence-electron chi connectivity index (χ4n) is 3.11. The second kappa shape index (κ2) is 6.09. The molecule has 170 valence electrons. The number of thiocarbonyl (C=S) groups is 1. The first kappa shape index (κ1) is 23.3. The highest BCUT2D eigenvalue weighted by Gasteiger charge is 2.65. The Hall–Kier alpha value is -2.41. The van der Waals surface area contributed by atoms with Crippen LogP contribution in [-0.2, 0) is 11.0 Å². The summed E-state index contributed by atoms with van der Waals surface area (Å²) in [6.07, 6.45) is -4.58. The highest BCUT2D eigenvalue weighted by atomic mass is 32.5. The van der Waals surface area contributed by atoms with Crippen molar-refractivity contribution in [3.63, 3.8) is 0 Å². The number of hydrogen-bond acceptors (Lipinski definition) is 2. The zero-order valence-corrected chi connectivity index (χ0v) is 17.4. The van der Waals surface area contributed by atoms with Gasteiger partial charge < -0.3 is 4.90 Å². The van der Waals surface area contributed by atoms with E-state index in [0.29, 0.717) is 12.1 Å². The highest BCUT2D eigenvalue weighted by molar-refractivity contribution is 8.45. The van der Waals surface area contributed by atoms with Gasteiger partial charge in [0.2, 0.25) is 0 Å². The quantitative estimate of drug-likeness (QED) is 0.334. The van der Waals surface area contributed by atoms with Crippen LogP contribution in [0.2, 0.25) is 0 Å². The lowest BCUT2D eigenvalue weighted by molar-refractivity contribution is -0.137. The summed E-state index contributed by atoms with van der Waals surface area (Å²) in [6.45, 7) is 2.84. The first-order valence-electron chi connectivity index (χ1n) is 8.44. The lowest BCUT2D eigenvalue weighted by atomic mass is 10.0. The van der Waals surface area contributed by atoms with Gasteiger partial charge >= 0.3 is 16.4 Å². The van der Waals surface area contributed by atoms with Crippen molar-refractivity contribution in [3.05, 3.63) is 54.1 Å². The van der Waals surface area contributed by atoms with Crippen molar-refractivity contribution in [2.24, 2.45) is 0 Å². The second-order valence-electron chi connectivity index (χ2n) is 7.33. The van der Waals surface area contributed by atoms with E-state index in [2.05, 4.69) is 0 Å². The van der Waals surface area contributed by atoms with Gasteiger partial charge in [0.25, 0.3) is 5.91 Å². The molecule has 1 amide bonds. The van der Waals surface area contributed by atoms with E-state index in [4.69, 9.17) is 12.2 Å². The Morgan fingerprint density at radius 1 is 0.839 bits per heavy atom. The monoisotopic (exact) mass is 490 g/mol. The van der Waals surface area contributed by atoms with Gasteiger partial charge in [0, 0.05) is 5.69 Å². The molecular formula is C18H14F8N2OS2. The molecule has 0 aromatic heterocycles. The van der Waals surface area contributed by atoms with Crippen LogP contribution >= 0.6 is 22.4 Å². The van der Waals surface area contributed by atoms with Crippen LogP contribution in [-0.4, -0.2) is 16.6 Å². The molecule has 0 bridgehead atoms. The Bertz CT molecular complexity index is 1060. The third-order valence-corrected chi connectivity index (χ3v) is 6.19. The maximum absolute atomic E-state index is 12.9. The summed E-state index contributed by atoms with van der Waals surface area (Å²) in [5, 5.41) is -0.227. The number of hydrogen-bond donors (Lipinski definition) is 0. The smallest absolute Gasteiger partial charge is 0.304 e. The van der Waals surface area contributed by atoms with E-state index in [9.17, 15) is 37.4 Å². The molecule has 0 unspecified atom stereocenters. The Morgan fingerprint density at radius 3 is 1.71 bits per heavy atom. The van der Waals surface area contributed by atoms with Gasteiger partial charge in [-0.15, -0.1) is 0 Å². The number of benzene rings is 2. The van der Waals surface area contributed by atoms with Crippen LogP contribution in [0.15, 0.2) is 53.4 Å². The van der Waals surface area contributed by atoms with Crippen LogP contribution in [0.25, 0.3) is 0 Å². The van der Waals surface area contributed by atoms with Gasteiger partial charge in [0.1, 0.15) is 10.4 Å². The summed E-state index contributed by atoms with van der Waals surface area (Å²) >= 11 is 5.25. The number of rotatable bonds is 3. The summed E-state index contributed by atoms with van der Waals surface area (Å²) in [6, 6.07) is 5.47. The zero-order valence-electron chi connectivity index (χ0n) is 15.8. The molecule has 13 heteroatoms. The fraction of sp³-hybridized carbons (Fsp3) is 0.222. The zero-order chi connectivity index (χ0) is 23.7. The number of carbonyl (C=O) groups is 1. The van der Waals surface area contributed by atoms with Crippen LogP contribution in [0.4, 0.5) is 44.0 Å². The summed E-state index contributed by atoms with van der Waals surface area (Å²) in [5.74, 6) is -0.697. The summed E-state index contributed by atoms with van der Waals surface area (Å²) in [5.41, 5.74) is -2.38. The molecule has 2 aromatic rings. The molecule has 0 radical (unpaired) electrons. The van der Waals surface area contributed by atoms with Crippen molar-refractivity contribution in [2.75, 3.05) is 9.80 Å². The number of anilines is 2. The number of alkyl halides is 3. The molecule has 0 spiro atoms. The summed E-state index contributed by atoms with van der Waals surface area (Å²) in [7, 11) is -9.90. The largest absolute Gasteiger partial charge is 0.416 e. The molecule has 0 aliphatic carbocycles. The minimum Gasteiger partial charge on any atom is -0.304 e. The van der Waals surface area contributed by atoms with E-state index in [1.165, 1.54) is 18.7 Å². The average molecular weight is 490 g/mol. The van der Waals surface area contributed by atoms with Crippen molar-refractivity contribution in [3.8, 4) is 0 Å². The van der Waals surface area contributed by atoms with Crippen molar-refractivity contribution in [1.82, 2.24) is 0 Å². The topological polar surface area (TPSA) is 23.6 Å². The van der Waals surface area contributed by atoms with Crippen LogP contribution in [0.5, 0.6) is 0 Å². The van der Waals surface area contributed by atoms with Crippen LogP contribution in [0.3, 0.4) is 0 Å². The third-order valence-electron chi connectivity index (χ3n) is 4.66. The molecule has 0 saturated carbocycles. The van der Waals surface area contributed by atoms with E-state index >= 15 is 0 Å². The Morgan fingerprint density at radius 2 is 1.29 bits per heavy atom. The number of carbonyl (C=O) groups excluding carboxylic acids is 1. The molecule has 3 nitrogen and oxygen atoms in total. The van der Waals surface area contributed by atoms with Gasteiger partial charge in [-0.1, -0.05) is 19.4 Å². The van der Waals surface area contributed by atoms with Crippen LogP contribution in [0, 0.1) is 0 Å². The minimum atomic E-state index is -9.90. The van der Waals surface area contributed by atoms with Gasteiger partial charge in [0.05, 0.1) is 11.3 Å². The first-order valence-corrected chi connectivity index (χ1v) is 10.8. The lowest BCUT2D eigenvalue weighted by Gasteiger charge is -2.40. The van der Waals surface area contributed by atoms with E-state index in [1.54, 1.807) is 0 Å². The molecule has 1 saturated heterocycles. The van der Waals surface area contributed by atoms with Gasteiger partial charge in [-0.25, -0.2) is 0 Å². The first-order chi connectivity index (χ1) is 13.7. The van der Waals surface area contributed by atoms with Crippen LogP contribution in [0.1, 0.15) is 19.4 Å². The number of amides is 1. The SMILES string of the molecule is CC1(C)C(=O)N(c2ccc(S(F)(F)(F)(F)F)cc2)C(=S)N1c1ccc(C(F)(F)F)cc1. The van der Waals surface area contributed by atoms with E-state index in [1.807, 2.05) is 0 Å². The van der Waals surface area contributed by atoms with Crippen molar-refractivity contribution < 1.29 is 37.4 Å². The molecule has 2 aromatic carbocycles. The third kappa shape index (κ3) is 4.20. The van der Waals surface area contributed by atoms with Crippen molar-refractivity contribution >= 4 is 44.8 Å². The molecule has 1 fully saturated rings. The molecule has 0 N–H and O–H groups in total. The van der Waals surface area contributed by atoms with Gasteiger partial charge in [-0.05, 0) is 74.6 Å².